The molecule has 7 atom stereocenters. The summed E-state index contributed by atoms with van der Waals surface area (Å²) in [4.78, 5) is 70.7. The molecule has 0 bridgehead atoms. The van der Waals surface area contributed by atoms with Crippen molar-refractivity contribution in [3.8, 4) is 33.6 Å². The Balaban J connectivity index is 0.00000166. The maximum atomic E-state index is 13.7. The predicted molar refractivity (Wildman–Crippen MR) is 231 cm³/mol. The molecule has 2 saturated carbocycles. The van der Waals surface area contributed by atoms with Crippen LogP contribution in [0.2, 0.25) is 0 Å². The largest absolute Gasteiger partial charge is 0.453 e. The number of nitrogens with zero attached hydrogens (tertiary/aromatic N) is 4. The number of methoxy groups -OCH3 is 2. The van der Waals surface area contributed by atoms with Gasteiger partial charge < -0.3 is 39.9 Å². The number of aromatic amines is 2. The first kappa shape index (κ1) is 42.0. The van der Waals surface area contributed by atoms with Crippen molar-refractivity contribution in [3.63, 3.8) is 0 Å². The van der Waals surface area contributed by atoms with E-state index in [0.717, 1.165) is 54.3 Å². The average Bonchev–Trinajstić information content (AvgIpc) is 4.11. The van der Waals surface area contributed by atoms with Gasteiger partial charge in [-0.1, -0.05) is 77.4 Å². The van der Waals surface area contributed by atoms with E-state index in [1.54, 1.807) is 4.90 Å². The molecule has 14 heteroatoms. The Morgan fingerprint density at radius 2 is 1.33 bits per heavy atom. The van der Waals surface area contributed by atoms with Crippen LogP contribution in [0.4, 0.5) is 9.59 Å². The molecule has 2 aromatic carbocycles. The summed E-state index contributed by atoms with van der Waals surface area (Å²) in [6.07, 6.45) is 9.50. The topological polar surface area (TPSA) is 175 Å². The Morgan fingerprint density at radius 1 is 0.787 bits per heavy atom. The molecule has 9 rings (SSSR count). The van der Waals surface area contributed by atoms with Gasteiger partial charge in [-0.05, 0) is 95.4 Å². The first-order valence-electron chi connectivity index (χ1n) is 22.0. The van der Waals surface area contributed by atoms with Gasteiger partial charge in [0, 0.05) is 18.7 Å². The van der Waals surface area contributed by atoms with Gasteiger partial charge in [-0.2, -0.15) is 0 Å². The van der Waals surface area contributed by atoms with Crippen molar-refractivity contribution in [1.29, 1.82) is 0 Å². The molecule has 324 valence electrons. The van der Waals surface area contributed by atoms with Gasteiger partial charge in [0.15, 0.2) is 0 Å². The van der Waals surface area contributed by atoms with Gasteiger partial charge in [-0.15, -0.1) is 0 Å². The number of nitrogens with one attached hydrogen (secondary N) is 4. The summed E-state index contributed by atoms with van der Waals surface area (Å²) in [5.41, 5.74) is 9.85. The molecule has 2 aliphatic heterocycles. The Kier molecular flexibility index (Phi) is 11.7. The number of carbonyl (C=O) groups is 4. The van der Waals surface area contributed by atoms with Crippen LogP contribution < -0.4 is 10.6 Å². The Bertz CT molecular complexity index is 2280. The van der Waals surface area contributed by atoms with E-state index in [1.807, 2.05) is 31.1 Å². The van der Waals surface area contributed by atoms with E-state index in [-0.39, 0.29) is 36.4 Å². The van der Waals surface area contributed by atoms with Gasteiger partial charge in [0.05, 0.1) is 50.1 Å². The fourth-order valence-corrected chi connectivity index (χ4v) is 11.0. The van der Waals surface area contributed by atoms with Gasteiger partial charge in [0.25, 0.3) is 0 Å². The van der Waals surface area contributed by atoms with Crippen LogP contribution in [-0.4, -0.2) is 93.6 Å². The maximum Gasteiger partial charge on any atom is 0.407 e. The summed E-state index contributed by atoms with van der Waals surface area (Å²) in [6.45, 7) is 11.6. The molecule has 4 heterocycles. The second kappa shape index (κ2) is 17.0. The Morgan fingerprint density at radius 3 is 1.93 bits per heavy atom. The molecule has 4 fully saturated rings. The van der Waals surface area contributed by atoms with Gasteiger partial charge in [0.2, 0.25) is 11.8 Å². The fraction of sp³-hybridized carbons (Fsp3) is 0.532. The van der Waals surface area contributed by atoms with E-state index in [0.29, 0.717) is 36.3 Å². The zero-order chi connectivity index (χ0) is 43.2. The smallest absolute Gasteiger partial charge is 0.407 e. The van der Waals surface area contributed by atoms with Gasteiger partial charge in [-0.25, -0.2) is 19.6 Å². The third-order valence-corrected chi connectivity index (χ3v) is 13.8. The summed E-state index contributed by atoms with van der Waals surface area (Å²) >= 11 is 0. The number of rotatable bonds is 10. The van der Waals surface area contributed by atoms with Crippen LogP contribution >= 0.6 is 0 Å². The summed E-state index contributed by atoms with van der Waals surface area (Å²) < 4.78 is 9.43. The van der Waals surface area contributed by atoms with E-state index in [1.165, 1.54) is 61.3 Å². The first-order valence-corrected chi connectivity index (χ1v) is 22.0. The summed E-state index contributed by atoms with van der Waals surface area (Å²) in [5.74, 6) is 2.84. The molecule has 4 aromatic rings. The van der Waals surface area contributed by atoms with E-state index < -0.39 is 18.2 Å². The van der Waals surface area contributed by atoms with Crippen molar-refractivity contribution in [2.45, 2.75) is 110 Å². The number of alkyl carbamates (subject to hydrolysis) is 2. The van der Waals surface area contributed by atoms with Gasteiger partial charge >= 0.3 is 12.2 Å². The lowest BCUT2D eigenvalue weighted by molar-refractivity contribution is -0.135. The highest BCUT2D eigenvalue weighted by Gasteiger charge is 2.67. The number of amides is 4. The number of aromatic nitrogens is 4. The van der Waals surface area contributed by atoms with E-state index in [4.69, 9.17) is 14.7 Å². The fourth-order valence-electron chi connectivity index (χ4n) is 11.0. The lowest BCUT2D eigenvalue weighted by Crippen LogP contribution is -2.53. The number of hydrogen-bond acceptors (Lipinski definition) is 8. The number of imidazole rings is 2. The molecule has 4 amide bonds. The Labute approximate surface area is 358 Å². The molecule has 0 spiro atoms. The average molecular weight is 833 g/mol. The predicted octanol–water partition coefficient (Wildman–Crippen LogP) is 8.22. The molecule has 14 nitrogen and oxygen atoms in total. The summed E-state index contributed by atoms with van der Waals surface area (Å²) in [6, 6.07) is 12.2. The third kappa shape index (κ3) is 7.56. The van der Waals surface area contributed by atoms with E-state index in [2.05, 4.69) is 82.5 Å². The molecular formula is C47H60N8O6. The van der Waals surface area contributed by atoms with Gasteiger partial charge in [0.1, 0.15) is 24.2 Å². The first-order chi connectivity index (χ1) is 29.4. The van der Waals surface area contributed by atoms with Crippen LogP contribution in [0, 0.1) is 17.3 Å². The van der Waals surface area contributed by atoms with Crippen molar-refractivity contribution in [2.24, 2.45) is 17.3 Å². The van der Waals surface area contributed by atoms with Crippen LogP contribution in [0.25, 0.3) is 33.6 Å². The third-order valence-electron chi connectivity index (χ3n) is 13.8. The highest BCUT2D eigenvalue weighted by molar-refractivity contribution is 5.87. The molecule has 7 unspecified atom stereocenters. The SMILES string of the molecule is CCC.COC(=O)NCC(=O)N1CCCC1c1ncc(-c2ccc(-c3ccc(-c4cnc(C5CCCN5C(=O)C(NC(=O)OC)C(C)C)[nH]4)cc3)c3c2C2CC4(C)CC3C24)[nH]1. The molecule has 2 saturated heterocycles. The number of H-pyrrole nitrogens is 2. The molecule has 2 aromatic heterocycles. The van der Waals surface area contributed by atoms with Crippen molar-refractivity contribution in [2.75, 3.05) is 33.9 Å². The zero-order valence-electron chi connectivity index (χ0n) is 36.5. The second-order valence-electron chi connectivity index (χ2n) is 18.1. The number of benzene rings is 2. The van der Waals surface area contributed by atoms with Crippen molar-refractivity contribution in [3.05, 3.63) is 71.6 Å². The van der Waals surface area contributed by atoms with Crippen molar-refractivity contribution >= 4 is 24.0 Å². The van der Waals surface area contributed by atoms with E-state index in [9.17, 15) is 19.2 Å². The van der Waals surface area contributed by atoms with Crippen LogP contribution in [0.3, 0.4) is 0 Å². The number of fused-ring (bicyclic) bond motifs is 3. The van der Waals surface area contributed by atoms with Crippen LogP contribution in [0.15, 0.2) is 48.8 Å². The molecule has 0 radical (unpaired) electrons. The van der Waals surface area contributed by atoms with Gasteiger partial charge in [-0.3, -0.25) is 9.59 Å². The Hall–Kier alpha value is -5.66. The normalized spacial score (nSPS) is 24.8. The number of ether oxygens (including phenoxy) is 2. The lowest BCUT2D eigenvalue weighted by Gasteiger charge is -2.62. The maximum absolute atomic E-state index is 13.7. The molecular weight excluding hydrogens is 773 g/mol. The monoisotopic (exact) mass is 832 g/mol. The lowest BCUT2D eigenvalue weighted by atomic mass is 9.41. The molecule has 61 heavy (non-hydrogen) atoms. The van der Waals surface area contributed by atoms with E-state index >= 15 is 0 Å². The molecule has 4 N–H and O–H groups in total. The molecule has 3 aliphatic carbocycles. The minimum absolute atomic E-state index is 0.102. The standard InChI is InChI=1S/C44H52N8O6.C3H8/c1-23(2)38(50-43(56)58-5)41(54)52-17-7-9-33(52)40-45-20-30(48-40)25-12-10-24(11-13-25)26-14-15-27(36-29-19-44(3)18-28(35(26)36)37(29)44)31-21-46-39(49-31)32-8-6-16-51(32)34(53)22-47-42(55)57-4;1-3-2/h10-15,20-21,23,28-29,32-33,37-38H,6-9,16-19,22H2,1-5H3,(H,45,48)(H,46,49)(H,47,55)(H,50,56);3H2,1-2H3. The second-order valence-corrected chi connectivity index (χ2v) is 18.1. The number of likely N-dealkylation sites (tertiary alicyclic amines) is 2. The molecule has 5 aliphatic rings. The van der Waals surface area contributed by atoms with Crippen molar-refractivity contribution in [1.82, 2.24) is 40.4 Å². The summed E-state index contributed by atoms with van der Waals surface area (Å²) in [5, 5.41) is 5.23. The quantitative estimate of drug-likeness (QED) is 0.124. The van der Waals surface area contributed by atoms with Crippen molar-refractivity contribution < 1.29 is 28.7 Å². The van der Waals surface area contributed by atoms with Crippen LogP contribution in [0.5, 0.6) is 0 Å². The summed E-state index contributed by atoms with van der Waals surface area (Å²) in [7, 11) is 2.58. The van der Waals surface area contributed by atoms with Crippen LogP contribution in [-0.2, 0) is 19.1 Å². The number of hydrogen-bond donors (Lipinski definition) is 4. The minimum Gasteiger partial charge on any atom is -0.453 e. The highest BCUT2D eigenvalue weighted by atomic mass is 16.5. The minimum atomic E-state index is -0.685. The number of carbonyl (C=O) groups excluding carboxylic acids is 4. The highest BCUT2D eigenvalue weighted by Crippen LogP contribution is 2.79. The zero-order valence-corrected chi connectivity index (χ0v) is 36.5. The van der Waals surface area contributed by atoms with Crippen LogP contribution in [0.1, 0.15) is 126 Å².